The Morgan fingerprint density at radius 3 is 1.61 bits per heavy atom. The first-order valence-electron chi connectivity index (χ1n) is 15.8. The summed E-state index contributed by atoms with van der Waals surface area (Å²) in [5.74, 6) is 2.08. The predicted molar refractivity (Wildman–Crippen MR) is 188 cm³/mol. The second kappa shape index (κ2) is 14.6. The van der Waals surface area contributed by atoms with Crippen LogP contribution in [-0.4, -0.2) is 35.6 Å². The van der Waals surface area contributed by atoms with Gasteiger partial charge in [0.25, 0.3) is 0 Å². The van der Waals surface area contributed by atoms with Gasteiger partial charge in [-0.3, -0.25) is 4.99 Å². The van der Waals surface area contributed by atoms with Crippen LogP contribution >= 0.6 is 0 Å². The zero-order chi connectivity index (χ0) is 33.7. The topological polar surface area (TPSA) is 61.7 Å². The fraction of sp³-hybridized carbons (Fsp3) is 0.513. The summed E-state index contributed by atoms with van der Waals surface area (Å²) in [6.07, 6.45) is 1.74. The van der Waals surface area contributed by atoms with E-state index in [1.807, 2.05) is 30.1 Å². The van der Waals surface area contributed by atoms with Crippen LogP contribution in [0.25, 0.3) is 0 Å². The third-order valence-corrected chi connectivity index (χ3v) is 7.84. The van der Waals surface area contributed by atoms with Crippen molar-refractivity contribution in [1.82, 2.24) is 0 Å². The molecule has 3 aromatic rings. The molecule has 0 atom stereocenters. The van der Waals surface area contributed by atoms with E-state index in [2.05, 4.69) is 135 Å². The molecule has 0 radical (unpaired) electrons. The number of rotatable bonds is 7. The molecule has 0 saturated heterocycles. The molecule has 0 aliphatic carbocycles. The summed E-state index contributed by atoms with van der Waals surface area (Å²) in [6, 6.07) is 18.4. The molecule has 4 nitrogen and oxygen atoms in total. The molecule has 0 aliphatic rings. The maximum absolute atomic E-state index is 13.7. The van der Waals surface area contributed by atoms with Crippen molar-refractivity contribution < 1.29 is 10.2 Å². The Labute approximate surface area is 277 Å². The van der Waals surface area contributed by atoms with E-state index in [4.69, 9.17) is 4.99 Å². The average Bonchev–Trinajstić information content (AvgIpc) is 2.91. The number of para-hydroxylation sites is 1. The molecule has 0 saturated carbocycles. The molecule has 0 fully saturated rings. The Balaban J connectivity index is 0.00000330. The summed E-state index contributed by atoms with van der Waals surface area (Å²) in [4.78, 5) is 6.97. The van der Waals surface area contributed by atoms with Crippen LogP contribution in [0.3, 0.4) is 0 Å². The van der Waals surface area contributed by atoms with Gasteiger partial charge < -0.3 is 15.1 Å². The summed E-state index contributed by atoms with van der Waals surface area (Å²) in [5, 5.41) is 27.2. The van der Waals surface area contributed by atoms with E-state index in [1.54, 1.807) is 6.21 Å². The summed E-state index contributed by atoms with van der Waals surface area (Å²) in [5.41, 5.74) is 5.79. The predicted octanol–water partition coefficient (Wildman–Crippen LogP) is 8.35. The Bertz CT molecular complexity index is 1400. The standard InChI is InChI=1S/C38H54N2O2.CH3.Al/c1-35(2,3)28-20-26(33(41)31(22-28)37(7,8)9)24-39-18-19-40(30-16-14-13-15-17-30)25-27-21-29(36(4,5)6)23-32(34(27)42)38(10,11)12;;/h13-17,20-24,41-42H,18-19,25H2,1-12H3;1H3;/q;;+2/p-2. The number of benzene rings is 3. The van der Waals surface area contributed by atoms with Crippen LogP contribution in [0.2, 0.25) is 5.79 Å². The molecular formula is C39H55AlN2O2. The van der Waals surface area contributed by atoms with Crippen molar-refractivity contribution in [3.8, 4) is 11.5 Å². The van der Waals surface area contributed by atoms with E-state index in [-0.39, 0.29) is 33.2 Å². The van der Waals surface area contributed by atoms with Crippen molar-refractivity contribution >= 4 is 28.2 Å². The van der Waals surface area contributed by atoms with Gasteiger partial charge in [-0.2, -0.15) is 0 Å². The van der Waals surface area contributed by atoms with E-state index >= 15 is 0 Å². The third-order valence-electron chi connectivity index (χ3n) is 7.84. The van der Waals surface area contributed by atoms with Crippen molar-refractivity contribution in [1.29, 1.82) is 0 Å². The van der Waals surface area contributed by atoms with Gasteiger partial charge in [-0.05, 0) is 67.2 Å². The quantitative estimate of drug-likeness (QED) is 0.200. The molecule has 236 valence electrons. The van der Waals surface area contributed by atoms with Gasteiger partial charge in [0.2, 0.25) is 0 Å². The Hall–Kier alpha value is -2.74. The minimum atomic E-state index is -0.255. The normalized spacial score (nSPS) is 12.7. The number of hydrogen-bond donors (Lipinski definition) is 0. The van der Waals surface area contributed by atoms with Crippen molar-refractivity contribution in [2.45, 2.75) is 117 Å². The maximum atomic E-state index is 13.7. The van der Waals surface area contributed by atoms with Crippen molar-refractivity contribution in [3.63, 3.8) is 0 Å². The fourth-order valence-corrected chi connectivity index (χ4v) is 5.02. The van der Waals surface area contributed by atoms with E-state index < -0.39 is 0 Å². The molecule has 3 aromatic carbocycles. The van der Waals surface area contributed by atoms with Gasteiger partial charge in [-0.1, -0.05) is 131 Å². The fourth-order valence-electron chi connectivity index (χ4n) is 5.02. The van der Waals surface area contributed by atoms with E-state index in [0.29, 0.717) is 25.2 Å². The second-order valence-corrected chi connectivity index (χ2v) is 15.7. The van der Waals surface area contributed by atoms with Crippen LogP contribution in [0, 0.1) is 0 Å². The summed E-state index contributed by atoms with van der Waals surface area (Å²) in [6.45, 7) is 27.2. The zero-order valence-electron chi connectivity index (χ0n) is 29.7. The Morgan fingerprint density at radius 1 is 0.659 bits per heavy atom. The van der Waals surface area contributed by atoms with E-state index in [0.717, 1.165) is 27.9 Å². The Morgan fingerprint density at radius 2 is 1.14 bits per heavy atom. The zero-order valence-corrected chi connectivity index (χ0v) is 30.8. The van der Waals surface area contributed by atoms with E-state index in [1.165, 1.54) is 5.56 Å². The molecule has 0 unspecified atom stereocenters. The molecule has 0 amide bonds. The minimum absolute atomic E-state index is 0.0452. The van der Waals surface area contributed by atoms with Gasteiger partial charge in [-0.25, -0.2) is 0 Å². The van der Waals surface area contributed by atoms with Crippen molar-refractivity contribution in [3.05, 3.63) is 88.0 Å². The molecule has 0 aromatic heterocycles. The first-order valence-corrected chi connectivity index (χ1v) is 16.9. The molecule has 44 heavy (non-hydrogen) atoms. The molecule has 0 spiro atoms. The van der Waals surface area contributed by atoms with E-state index in [9.17, 15) is 10.2 Å². The van der Waals surface area contributed by atoms with Crippen LogP contribution in [0.4, 0.5) is 5.69 Å². The Kier molecular flexibility index (Phi) is 12.4. The van der Waals surface area contributed by atoms with Gasteiger partial charge in [0.15, 0.2) is 0 Å². The molecule has 0 bridgehead atoms. The van der Waals surface area contributed by atoms with Gasteiger partial charge in [-0.15, -0.1) is 5.75 Å². The van der Waals surface area contributed by atoms with Gasteiger partial charge in [0.1, 0.15) is 0 Å². The van der Waals surface area contributed by atoms with Crippen molar-refractivity contribution in [2.75, 3.05) is 18.0 Å². The number of nitrogens with zero attached hydrogens (tertiary/aromatic N) is 2. The molecule has 5 heteroatoms. The molecule has 0 aliphatic heterocycles. The van der Waals surface area contributed by atoms with Crippen LogP contribution in [0.1, 0.15) is 116 Å². The van der Waals surface area contributed by atoms with Crippen molar-refractivity contribution in [2.24, 2.45) is 4.99 Å². The summed E-state index contributed by atoms with van der Waals surface area (Å²) in [7, 11) is 0. The van der Waals surface area contributed by atoms with Crippen LogP contribution < -0.4 is 15.1 Å². The monoisotopic (exact) mass is 610 g/mol. The SMILES string of the molecule is CC(C)(C)c1cc(C=NCCN(Cc2cc(C(C)(C)C)cc(C(C)(C)C)c2[O-])c2ccccc2)c([O-])c(C(C)(C)C)c1.[CH3][Al+2]. The average molecular weight is 611 g/mol. The summed E-state index contributed by atoms with van der Waals surface area (Å²) < 4.78 is 0. The summed E-state index contributed by atoms with van der Waals surface area (Å²) >= 11 is 2.42. The van der Waals surface area contributed by atoms with Gasteiger partial charge in [0.05, 0.1) is 6.54 Å². The molecule has 0 N–H and O–H groups in total. The van der Waals surface area contributed by atoms with Gasteiger partial charge >= 0.3 is 22.1 Å². The number of hydrogen-bond acceptors (Lipinski definition) is 4. The number of anilines is 1. The number of aliphatic imine (C=N–C) groups is 1. The second-order valence-electron chi connectivity index (χ2n) is 15.7. The van der Waals surface area contributed by atoms with Gasteiger partial charge in [0, 0.05) is 25.0 Å². The third kappa shape index (κ3) is 9.88. The molecule has 3 rings (SSSR count). The van der Waals surface area contributed by atoms with Crippen LogP contribution in [-0.2, 0) is 28.2 Å². The molecule has 0 heterocycles. The van der Waals surface area contributed by atoms with Crippen LogP contribution in [0.15, 0.2) is 59.6 Å². The van der Waals surface area contributed by atoms with Crippen LogP contribution in [0.5, 0.6) is 11.5 Å². The first kappa shape index (κ1) is 37.4. The first-order chi connectivity index (χ1) is 20.2. The molecular weight excluding hydrogens is 555 g/mol.